The van der Waals surface area contributed by atoms with Crippen molar-refractivity contribution >= 4 is 37.2 Å². The highest BCUT2D eigenvalue weighted by atomic mass is 35.5. The third kappa shape index (κ3) is 8.83. The van der Waals surface area contributed by atoms with Crippen molar-refractivity contribution in [3.05, 3.63) is 114 Å². The quantitative estimate of drug-likeness (QED) is 0.194. The predicted molar refractivity (Wildman–Crippen MR) is 180 cm³/mol. The molecule has 1 aromatic heterocycles. The first-order valence-electron chi connectivity index (χ1n) is 14.3. The Bertz CT molecular complexity index is 1220. The van der Waals surface area contributed by atoms with Gasteiger partial charge in [0.25, 0.3) is 0 Å². The molecule has 0 radical (unpaired) electrons. The maximum absolute atomic E-state index is 5.11. The molecule has 222 valence electrons. The number of halogens is 3. The second-order valence-corrected chi connectivity index (χ2v) is 11.0. The molecule has 0 spiro atoms. The van der Waals surface area contributed by atoms with Gasteiger partial charge in [-0.3, -0.25) is 4.90 Å². The average molecular weight is 616 g/mol. The maximum atomic E-state index is 5.11. The van der Waals surface area contributed by atoms with Crippen LogP contribution >= 0.6 is 37.2 Å². The van der Waals surface area contributed by atoms with E-state index >= 15 is 0 Å². The zero-order valence-electron chi connectivity index (χ0n) is 24.4. The van der Waals surface area contributed by atoms with Crippen molar-refractivity contribution in [1.82, 2.24) is 19.8 Å². The number of imidazole rings is 1. The Balaban J connectivity index is 0.00000196. The molecule has 2 heterocycles. The minimum Gasteiger partial charge on any atom is -0.342 e. The highest BCUT2D eigenvalue weighted by Gasteiger charge is 2.30. The van der Waals surface area contributed by atoms with E-state index in [2.05, 4.69) is 127 Å². The van der Waals surface area contributed by atoms with Crippen molar-refractivity contribution in [2.75, 3.05) is 32.7 Å². The molecule has 5 rings (SSSR count). The van der Waals surface area contributed by atoms with Gasteiger partial charge in [-0.25, -0.2) is 4.98 Å². The van der Waals surface area contributed by atoms with Gasteiger partial charge in [0.1, 0.15) is 5.82 Å². The Morgan fingerprint density at radius 3 is 1.76 bits per heavy atom. The standard InChI is InChI=1S/C34H42N4.3ClH/c1-26(2)33(32-27(3)35-34(36-32)30-18-11-6-12-19-30)38-24-22-37(23-25-38)21-13-20-31(28-14-7-4-8-15-28)29-16-9-5-10-17-29;;;/h4-12,14-19,26,31,33H,13,20-25H2,1-3H3,(H,35,36);3*1H. The van der Waals surface area contributed by atoms with Crippen LogP contribution < -0.4 is 0 Å². The lowest BCUT2D eigenvalue weighted by Crippen LogP contribution is -2.49. The smallest absolute Gasteiger partial charge is 0.137 e. The van der Waals surface area contributed by atoms with E-state index in [0.29, 0.717) is 17.9 Å². The molecule has 4 nitrogen and oxygen atoms in total. The fourth-order valence-electron chi connectivity index (χ4n) is 6.09. The third-order valence-corrected chi connectivity index (χ3v) is 8.05. The number of aromatic amines is 1. The largest absolute Gasteiger partial charge is 0.342 e. The van der Waals surface area contributed by atoms with E-state index in [1.54, 1.807) is 0 Å². The fraction of sp³-hybridized carbons (Fsp3) is 0.382. The van der Waals surface area contributed by atoms with Gasteiger partial charge in [0, 0.05) is 43.4 Å². The molecule has 1 N–H and O–H groups in total. The summed E-state index contributed by atoms with van der Waals surface area (Å²) in [5.74, 6) is 1.95. The number of hydrogen-bond donors (Lipinski definition) is 1. The lowest BCUT2D eigenvalue weighted by atomic mass is 9.87. The van der Waals surface area contributed by atoms with Crippen LogP contribution in [0.4, 0.5) is 0 Å². The zero-order valence-corrected chi connectivity index (χ0v) is 26.9. The molecule has 1 fully saturated rings. The monoisotopic (exact) mass is 614 g/mol. The number of H-pyrrole nitrogens is 1. The summed E-state index contributed by atoms with van der Waals surface area (Å²) in [4.78, 5) is 14.0. The summed E-state index contributed by atoms with van der Waals surface area (Å²) in [6.45, 7) is 12.4. The molecule has 1 atom stereocenters. The number of hydrogen-bond acceptors (Lipinski definition) is 3. The van der Waals surface area contributed by atoms with Crippen LogP contribution in [0.2, 0.25) is 0 Å². The maximum Gasteiger partial charge on any atom is 0.137 e. The first kappa shape index (κ1) is 34.9. The van der Waals surface area contributed by atoms with E-state index in [-0.39, 0.29) is 37.2 Å². The van der Waals surface area contributed by atoms with Crippen LogP contribution in [0.25, 0.3) is 11.4 Å². The van der Waals surface area contributed by atoms with Crippen molar-refractivity contribution in [2.24, 2.45) is 5.92 Å². The van der Waals surface area contributed by atoms with Crippen LogP contribution in [-0.2, 0) is 0 Å². The number of nitrogens with zero attached hydrogens (tertiary/aromatic N) is 3. The number of aryl methyl sites for hydroxylation is 1. The Hall–Kier alpha value is -2.34. The summed E-state index contributed by atoms with van der Waals surface area (Å²) in [5.41, 5.74) is 6.40. The highest BCUT2D eigenvalue weighted by Crippen LogP contribution is 2.33. The minimum absolute atomic E-state index is 0. The van der Waals surface area contributed by atoms with Crippen LogP contribution in [-0.4, -0.2) is 52.5 Å². The molecule has 1 saturated heterocycles. The molecule has 1 aliphatic heterocycles. The van der Waals surface area contributed by atoms with Gasteiger partial charge < -0.3 is 9.88 Å². The Labute approximate surface area is 265 Å². The second-order valence-electron chi connectivity index (χ2n) is 11.0. The van der Waals surface area contributed by atoms with E-state index in [1.165, 1.54) is 35.4 Å². The minimum atomic E-state index is 0. The molecule has 0 bridgehead atoms. The summed E-state index contributed by atoms with van der Waals surface area (Å²) >= 11 is 0. The van der Waals surface area contributed by atoms with Gasteiger partial charge in [-0.1, -0.05) is 105 Å². The van der Waals surface area contributed by atoms with Gasteiger partial charge in [0.15, 0.2) is 0 Å². The SMILES string of the molecule is Cc1[nH]c(-c2ccccc2)nc1C(C(C)C)N1CCN(CCCC(c2ccccc2)c2ccccc2)CC1.Cl.Cl.Cl. The number of aromatic nitrogens is 2. The number of benzene rings is 3. The van der Waals surface area contributed by atoms with Gasteiger partial charge in [0.2, 0.25) is 0 Å². The van der Waals surface area contributed by atoms with Crippen molar-refractivity contribution in [3.63, 3.8) is 0 Å². The fourth-order valence-corrected chi connectivity index (χ4v) is 6.09. The van der Waals surface area contributed by atoms with Gasteiger partial charge >= 0.3 is 0 Å². The van der Waals surface area contributed by atoms with Crippen molar-refractivity contribution in [2.45, 2.75) is 45.6 Å². The molecule has 0 aliphatic carbocycles. The first-order valence-corrected chi connectivity index (χ1v) is 14.3. The van der Waals surface area contributed by atoms with Crippen molar-refractivity contribution in [1.29, 1.82) is 0 Å². The lowest BCUT2D eigenvalue weighted by molar-refractivity contribution is 0.0730. The van der Waals surface area contributed by atoms with Crippen LogP contribution in [0.15, 0.2) is 91.0 Å². The topological polar surface area (TPSA) is 35.2 Å². The van der Waals surface area contributed by atoms with Gasteiger partial charge in [-0.2, -0.15) is 0 Å². The summed E-state index contributed by atoms with van der Waals surface area (Å²) in [5, 5.41) is 0. The number of piperazine rings is 1. The molecule has 41 heavy (non-hydrogen) atoms. The summed E-state index contributed by atoms with van der Waals surface area (Å²) < 4.78 is 0. The summed E-state index contributed by atoms with van der Waals surface area (Å²) in [6, 6.07) is 32.8. The van der Waals surface area contributed by atoms with Crippen LogP contribution in [0.3, 0.4) is 0 Å². The lowest BCUT2D eigenvalue weighted by Gasteiger charge is -2.40. The molecule has 1 unspecified atom stereocenters. The molecule has 3 aromatic carbocycles. The van der Waals surface area contributed by atoms with Crippen LogP contribution in [0, 0.1) is 12.8 Å². The molecule has 1 aliphatic rings. The number of rotatable bonds is 10. The van der Waals surface area contributed by atoms with Gasteiger partial charge in [-0.05, 0) is 43.4 Å². The molecular weight excluding hydrogens is 571 g/mol. The van der Waals surface area contributed by atoms with Crippen LogP contribution in [0.1, 0.15) is 61.2 Å². The van der Waals surface area contributed by atoms with Gasteiger partial charge in [0.05, 0.1) is 11.7 Å². The van der Waals surface area contributed by atoms with Gasteiger partial charge in [-0.15, -0.1) is 37.2 Å². The van der Waals surface area contributed by atoms with Crippen molar-refractivity contribution in [3.8, 4) is 11.4 Å². The summed E-state index contributed by atoms with van der Waals surface area (Å²) in [6.07, 6.45) is 2.39. The van der Waals surface area contributed by atoms with E-state index in [9.17, 15) is 0 Å². The molecule has 0 saturated carbocycles. The first-order chi connectivity index (χ1) is 18.6. The molecule has 0 amide bonds. The van der Waals surface area contributed by atoms with Crippen LogP contribution in [0.5, 0.6) is 0 Å². The van der Waals surface area contributed by atoms with E-state index < -0.39 is 0 Å². The second kappa shape index (κ2) is 16.9. The Kier molecular flexibility index (Phi) is 14.4. The van der Waals surface area contributed by atoms with Crippen molar-refractivity contribution < 1.29 is 0 Å². The van der Waals surface area contributed by atoms with E-state index in [0.717, 1.165) is 44.1 Å². The third-order valence-electron chi connectivity index (χ3n) is 8.05. The zero-order chi connectivity index (χ0) is 26.3. The molecular formula is C34H45Cl3N4. The predicted octanol–water partition coefficient (Wildman–Crippen LogP) is 8.58. The van der Waals surface area contributed by atoms with E-state index in [4.69, 9.17) is 4.98 Å². The Morgan fingerprint density at radius 1 is 0.732 bits per heavy atom. The normalized spacial score (nSPS) is 14.7. The highest BCUT2D eigenvalue weighted by molar-refractivity contribution is 5.86. The Morgan fingerprint density at radius 2 is 1.24 bits per heavy atom. The number of nitrogens with one attached hydrogen (secondary N) is 1. The molecule has 4 aromatic rings. The van der Waals surface area contributed by atoms with E-state index in [1.807, 2.05) is 0 Å². The summed E-state index contributed by atoms with van der Waals surface area (Å²) in [7, 11) is 0. The average Bonchev–Trinajstić information content (AvgIpc) is 3.34. The molecule has 7 heteroatoms.